The summed E-state index contributed by atoms with van der Waals surface area (Å²) < 4.78 is 5.61. The number of ether oxygens (including phenoxy) is 1. The standard InChI is InChI=1S/C14H25N3O/c1-6-14(4,5)17-12-8-7-11(15)13(16-12)18-9-10(2)3/h7-8,10H,6,9,15H2,1-5H3,(H,16,17). The first kappa shape index (κ1) is 14.6. The van der Waals surface area contributed by atoms with Gasteiger partial charge in [-0.15, -0.1) is 0 Å². The van der Waals surface area contributed by atoms with Crippen molar-refractivity contribution in [3.8, 4) is 5.88 Å². The fourth-order valence-electron chi connectivity index (χ4n) is 1.32. The summed E-state index contributed by atoms with van der Waals surface area (Å²) >= 11 is 0. The Labute approximate surface area is 110 Å². The van der Waals surface area contributed by atoms with E-state index in [-0.39, 0.29) is 5.54 Å². The Kier molecular flexibility index (Phi) is 4.82. The average molecular weight is 251 g/mol. The lowest BCUT2D eigenvalue weighted by molar-refractivity contribution is 0.263. The maximum Gasteiger partial charge on any atom is 0.239 e. The second-order valence-electron chi connectivity index (χ2n) is 5.66. The Bertz CT molecular complexity index is 389. The van der Waals surface area contributed by atoms with Crippen LogP contribution in [0.25, 0.3) is 0 Å². The molecule has 1 aromatic heterocycles. The Hall–Kier alpha value is -1.45. The third-order valence-corrected chi connectivity index (χ3v) is 2.79. The first-order valence-electron chi connectivity index (χ1n) is 6.51. The molecule has 102 valence electrons. The zero-order valence-corrected chi connectivity index (χ0v) is 12.1. The number of nitrogen functional groups attached to an aromatic ring is 1. The number of rotatable bonds is 6. The topological polar surface area (TPSA) is 60.2 Å². The highest BCUT2D eigenvalue weighted by Crippen LogP contribution is 2.24. The van der Waals surface area contributed by atoms with Gasteiger partial charge in [0.2, 0.25) is 5.88 Å². The molecule has 0 fully saturated rings. The van der Waals surface area contributed by atoms with E-state index in [2.05, 4.69) is 44.9 Å². The molecule has 1 rings (SSSR count). The van der Waals surface area contributed by atoms with Gasteiger partial charge >= 0.3 is 0 Å². The van der Waals surface area contributed by atoms with Crippen LogP contribution < -0.4 is 15.8 Å². The summed E-state index contributed by atoms with van der Waals surface area (Å²) in [5, 5.41) is 3.38. The van der Waals surface area contributed by atoms with E-state index >= 15 is 0 Å². The van der Waals surface area contributed by atoms with Gasteiger partial charge < -0.3 is 15.8 Å². The number of nitrogens with two attached hydrogens (primary N) is 1. The maximum absolute atomic E-state index is 5.86. The highest BCUT2D eigenvalue weighted by atomic mass is 16.5. The van der Waals surface area contributed by atoms with E-state index < -0.39 is 0 Å². The second-order valence-corrected chi connectivity index (χ2v) is 5.66. The van der Waals surface area contributed by atoms with Crippen LogP contribution in [0.1, 0.15) is 41.0 Å². The van der Waals surface area contributed by atoms with Crippen LogP contribution in [-0.2, 0) is 0 Å². The van der Waals surface area contributed by atoms with Gasteiger partial charge in [-0.05, 0) is 38.3 Å². The molecule has 0 radical (unpaired) electrons. The lowest BCUT2D eigenvalue weighted by Gasteiger charge is -2.25. The third kappa shape index (κ3) is 4.43. The fourth-order valence-corrected chi connectivity index (χ4v) is 1.32. The van der Waals surface area contributed by atoms with Gasteiger partial charge in [0.05, 0.1) is 12.3 Å². The molecule has 0 saturated heterocycles. The first-order chi connectivity index (χ1) is 8.34. The molecule has 0 bridgehead atoms. The van der Waals surface area contributed by atoms with E-state index in [9.17, 15) is 0 Å². The van der Waals surface area contributed by atoms with Gasteiger partial charge in [-0.1, -0.05) is 20.8 Å². The number of nitrogens with one attached hydrogen (secondary N) is 1. The minimum Gasteiger partial charge on any atom is -0.476 e. The number of anilines is 2. The number of nitrogens with zero attached hydrogens (tertiary/aromatic N) is 1. The van der Waals surface area contributed by atoms with Crippen molar-refractivity contribution in [1.82, 2.24) is 4.98 Å². The van der Waals surface area contributed by atoms with Crippen LogP contribution >= 0.6 is 0 Å². The van der Waals surface area contributed by atoms with E-state index in [1.807, 2.05) is 12.1 Å². The van der Waals surface area contributed by atoms with E-state index in [0.717, 1.165) is 12.2 Å². The molecule has 0 aliphatic heterocycles. The van der Waals surface area contributed by atoms with Crippen molar-refractivity contribution in [3.63, 3.8) is 0 Å². The van der Waals surface area contributed by atoms with Crippen LogP contribution in [0, 0.1) is 5.92 Å². The largest absolute Gasteiger partial charge is 0.476 e. The second kappa shape index (κ2) is 5.94. The zero-order chi connectivity index (χ0) is 13.8. The quantitative estimate of drug-likeness (QED) is 0.814. The molecule has 0 aliphatic rings. The third-order valence-electron chi connectivity index (χ3n) is 2.79. The van der Waals surface area contributed by atoms with Gasteiger partial charge in [0.15, 0.2) is 0 Å². The Balaban J connectivity index is 2.80. The van der Waals surface area contributed by atoms with Crippen molar-refractivity contribution in [2.24, 2.45) is 5.92 Å². The number of pyridine rings is 1. The average Bonchev–Trinajstić information content (AvgIpc) is 2.29. The summed E-state index contributed by atoms with van der Waals surface area (Å²) in [6.45, 7) is 11.2. The Morgan fingerprint density at radius 3 is 2.61 bits per heavy atom. The van der Waals surface area contributed by atoms with E-state index in [0.29, 0.717) is 24.1 Å². The van der Waals surface area contributed by atoms with Gasteiger partial charge in [0.25, 0.3) is 0 Å². The molecule has 0 unspecified atom stereocenters. The molecule has 0 aliphatic carbocycles. The first-order valence-corrected chi connectivity index (χ1v) is 6.51. The number of aromatic nitrogens is 1. The van der Waals surface area contributed by atoms with Crippen molar-refractivity contribution < 1.29 is 4.74 Å². The lowest BCUT2D eigenvalue weighted by atomic mass is 10.0. The van der Waals surface area contributed by atoms with Crippen LogP contribution in [0.4, 0.5) is 11.5 Å². The predicted octanol–water partition coefficient (Wildman–Crippen LogP) is 3.30. The van der Waals surface area contributed by atoms with Crippen LogP contribution in [-0.4, -0.2) is 17.1 Å². The summed E-state index contributed by atoms with van der Waals surface area (Å²) in [6.07, 6.45) is 1.02. The molecule has 1 heterocycles. The minimum absolute atomic E-state index is 0.0123. The van der Waals surface area contributed by atoms with Gasteiger partial charge in [-0.25, -0.2) is 0 Å². The molecular weight excluding hydrogens is 226 g/mol. The highest BCUT2D eigenvalue weighted by molar-refractivity contribution is 5.54. The maximum atomic E-state index is 5.86. The molecule has 4 heteroatoms. The molecule has 4 nitrogen and oxygen atoms in total. The SMILES string of the molecule is CCC(C)(C)Nc1ccc(N)c(OCC(C)C)n1. The van der Waals surface area contributed by atoms with Crippen LogP contribution in [0.2, 0.25) is 0 Å². The summed E-state index contributed by atoms with van der Waals surface area (Å²) in [5.74, 6) is 1.77. The molecule has 3 N–H and O–H groups in total. The smallest absolute Gasteiger partial charge is 0.239 e. The normalized spacial score (nSPS) is 11.7. The lowest BCUT2D eigenvalue weighted by Crippen LogP contribution is -2.30. The van der Waals surface area contributed by atoms with E-state index in [4.69, 9.17) is 10.5 Å². The van der Waals surface area contributed by atoms with Crippen molar-refractivity contribution in [2.75, 3.05) is 17.7 Å². The van der Waals surface area contributed by atoms with E-state index in [1.54, 1.807) is 0 Å². The molecule has 0 atom stereocenters. The van der Waals surface area contributed by atoms with Crippen molar-refractivity contribution >= 4 is 11.5 Å². The summed E-state index contributed by atoms with van der Waals surface area (Å²) in [7, 11) is 0. The molecule has 18 heavy (non-hydrogen) atoms. The van der Waals surface area contributed by atoms with Crippen molar-refractivity contribution in [3.05, 3.63) is 12.1 Å². The summed E-state index contributed by atoms with van der Waals surface area (Å²) in [5.41, 5.74) is 6.45. The zero-order valence-electron chi connectivity index (χ0n) is 12.1. The Morgan fingerprint density at radius 1 is 1.39 bits per heavy atom. The number of hydrogen-bond acceptors (Lipinski definition) is 4. The minimum atomic E-state index is 0.0123. The molecule has 0 saturated carbocycles. The molecule has 0 amide bonds. The van der Waals surface area contributed by atoms with Gasteiger partial charge in [0, 0.05) is 5.54 Å². The van der Waals surface area contributed by atoms with Crippen molar-refractivity contribution in [1.29, 1.82) is 0 Å². The Morgan fingerprint density at radius 2 is 2.06 bits per heavy atom. The number of hydrogen-bond donors (Lipinski definition) is 2. The summed E-state index contributed by atoms with van der Waals surface area (Å²) in [4.78, 5) is 4.42. The summed E-state index contributed by atoms with van der Waals surface area (Å²) in [6, 6.07) is 3.71. The molecule has 0 aromatic carbocycles. The molecule has 1 aromatic rings. The van der Waals surface area contributed by atoms with Crippen LogP contribution in [0.5, 0.6) is 5.88 Å². The predicted molar refractivity (Wildman–Crippen MR) is 77.0 cm³/mol. The fraction of sp³-hybridized carbons (Fsp3) is 0.643. The van der Waals surface area contributed by atoms with Gasteiger partial charge in [-0.3, -0.25) is 0 Å². The van der Waals surface area contributed by atoms with E-state index in [1.165, 1.54) is 0 Å². The van der Waals surface area contributed by atoms with Crippen molar-refractivity contribution in [2.45, 2.75) is 46.6 Å². The highest BCUT2D eigenvalue weighted by Gasteiger charge is 2.16. The van der Waals surface area contributed by atoms with Gasteiger partial charge in [-0.2, -0.15) is 4.98 Å². The van der Waals surface area contributed by atoms with Crippen LogP contribution in [0.3, 0.4) is 0 Å². The van der Waals surface area contributed by atoms with Crippen LogP contribution in [0.15, 0.2) is 12.1 Å². The molecular formula is C14H25N3O. The molecule has 0 spiro atoms. The van der Waals surface area contributed by atoms with Gasteiger partial charge in [0.1, 0.15) is 5.82 Å². The monoisotopic (exact) mass is 251 g/mol.